The van der Waals surface area contributed by atoms with Gasteiger partial charge in [0.15, 0.2) is 0 Å². The van der Waals surface area contributed by atoms with Crippen molar-refractivity contribution < 1.29 is 4.79 Å². The second kappa shape index (κ2) is 6.73. The van der Waals surface area contributed by atoms with E-state index < -0.39 is 0 Å². The Bertz CT molecular complexity index is 974. The molecule has 0 atom stereocenters. The lowest BCUT2D eigenvalue weighted by Gasteiger charge is -2.08. The Balaban J connectivity index is 1.92. The van der Waals surface area contributed by atoms with Gasteiger partial charge in [0.1, 0.15) is 0 Å². The molecule has 0 fully saturated rings. The van der Waals surface area contributed by atoms with E-state index in [1.54, 1.807) is 12.1 Å². The molecule has 0 aliphatic heterocycles. The molecule has 1 N–H and O–H groups in total. The summed E-state index contributed by atoms with van der Waals surface area (Å²) >= 11 is 0. The van der Waals surface area contributed by atoms with E-state index in [0.717, 1.165) is 22.5 Å². The van der Waals surface area contributed by atoms with Crippen LogP contribution in [-0.2, 0) is 13.5 Å². The van der Waals surface area contributed by atoms with Crippen LogP contribution in [0.3, 0.4) is 0 Å². The second-order valence-corrected chi connectivity index (χ2v) is 5.97. The Morgan fingerprint density at radius 3 is 2.56 bits per heavy atom. The highest BCUT2D eigenvalue weighted by Gasteiger charge is 2.18. The van der Waals surface area contributed by atoms with Crippen LogP contribution in [0.15, 0.2) is 53.8 Å². The highest BCUT2D eigenvalue weighted by Crippen LogP contribution is 2.20. The predicted molar refractivity (Wildman–Crippen MR) is 97.8 cm³/mol. The SMILES string of the molecule is C=Cc1ccc(C(=O)c2c(C)cc(Cc3ccc(=O)[nH]n3)n2C)cc1. The van der Waals surface area contributed by atoms with Crippen molar-refractivity contribution in [1.82, 2.24) is 14.8 Å². The molecule has 0 radical (unpaired) electrons. The minimum Gasteiger partial charge on any atom is -0.344 e. The first-order valence-corrected chi connectivity index (χ1v) is 7.96. The van der Waals surface area contributed by atoms with Crippen molar-refractivity contribution in [2.75, 3.05) is 0 Å². The zero-order valence-electron chi connectivity index (χ0n) is 14.2. The van der Waals surface area contributed by atoms with E-state index in [-0.39, 0.29) is 11.3 Å². The van der Waals surface area contributed by atoms with Crippen molar-refractivity contribution in [3.05, 3.63) is 93.2 Å². The van der Waals surface area contributed by atoms with Gasteiger partial charge in [0, 0.05) is 30.8 Å². The first-order chi connectivity index (χ1) is 12.0. The number of rotatable bonds is 5. The fourth-order valence-electron chi connectivity index (χ4n) is 2.89. The fraction of sp³-hybridized carbons (Fsp3) is 0.150. The quantitative estimate of drug-likeness (QED) is 0.730. The molecule has 0 saturated carbocycles. The van der Waals surface area contributed by atoms with E-state index in [1.807, 2.05) is 48.9 Å². The Labute approximate surface area is 145 Å². The predicted octanol–water partition coefficient (Wildman–Crippen LogP) is 2.88. The van der Waals surface area contributed by atoms with Crippen LogP contribution in [0.1, 0.15) is 38.6 Å². The summed E-state index contributed by atoms with van der Waals surface area (Å²) in [7, 11) is 1.87. The maximum Gasteiger partial charge on any atom is 0.264 e. The van der Waals surface area contributed by atoms with Crippen molar-refractivity contribution in [2.45, 2.75) is 13.3 Å². The van der Waals surface area contributed by atoms with Crippen molar-refractivity contribution >= 4 is 11.9 Å². The first kappa shape index (κ1) is 16.6. The number of aryl methyl sites for hydroxylation is 1. The van der Waals surface area contributed by atoms with Gasteiger partial charge in [-0.3, -0.25) is 9.59 Å². The van der Waals surface area contributed by atoms with Gasteiger partial charge in [0.2, 0.25) is 5.78 Å². The Kier molecular flexibility index (Phi) is 4.48. The molecular weight excluding hydrogens is 314 g/mol. The molecule has 3 aromatic rings. The molecule has 5 heteroatoms. The maximum atomic E-state index is 12.9. The smallest absolute Gasteiger partial charge is 0.264 e. The van der Waals surface area contributed by atoms with Gasteiger partial charge in [-0.15, -0.1) is 0 Å². The molecule has 0 bridgehead atoms. The molecule has 2 aromatic heterocycles. The number of H-pyrrole nitrogens is 1. The molecule has 3 rings (SSSR count). The van der Waals surface area contributed by atoms with Crippen LogP contribution in [-0.4, -0.2) is 20.5 Å². The topological polar surface area (TPSA) is 67.8 Å². The van der Waals surface area contributed by atoms with Crippen molar-refractivity contribution in [3.8, 4) is 0 Å². The molecule has 126 valence electrons. The van der Waals surface area contributed by atoms with Gasteiger partial charge in [-0.2, -0.15) is 5.10 Å². The van der Waals surface area contributed by atoms with Gasteiger partial charge >= 0.3 is 0 Å². The minimum absolute atomic E-state index is 0.0173. The largest absolute Gasteiger partial charge is 0.344 e. The summed E-state index contributed by atoms with van der Waals surface area (Å²) in [5.41, 5.74) is 4.67. The number of aromatic nitrogens is 3. The zero-order chi connectivity index (χ0) is 18.0. The van der Waals surface area contributed by atoms with E-state index >= 15 is 0 Å². The zero-order valence-corrected chi connectivity index (χ0v) is 14.2. The van der Waals surface area contributed by atoms with Gasteiger partial charge in [-0.25, -0.2) is 5.10 Å². The second-order valence-electron chi connectivity index (χ2n) is 5.97. The standard InChI is InChI=1S/C20H19N3O2/c1-4-14-5-7-15(8-6-14)20(25)19-13(2)11-17(23(19)3)12-16-9-10-18(24)22-21-16/h4-11H,1,12H2,2-3H3,(H,22,24). The molecule has 0 saturated heterocycles. The Morgan fingerprint density at radius 2 is 1.96 bits per heavy atom. The number of carbonyl (C=O) groups excluding carboxylic acids is 1. The third-order valence-corrected chi connectivity index (χ3v) is 4.25. The molecule has 25 heavy (non-hydrogen) atoms. The van der Waals surface area contributed by atoms with Crippen LogP contribution >= 0.6 is 0 Å². The van der Waals surface area contributed by atoms with Crippen LogP contribution in [0.2, 0.25) is 0 Å². The molecule has 0 aliphatic carbocycles. The van der Waals surface area contributed by atoms with Gasteiger partial charge in [0.25, 0.3) is 5.56 Å². The lowest BCUT2D eigenvalue weighted by molar-refractivity contribution is 0.103. The van der Waals surface area contributed by atoms with Crippen LogP contribution in [0.5, 0.6) is 0 Å². The average Bonchev–Trinajstić information content (AvgIpc) is 2.90. The van der Waals surface area contributed by atoms with Crippen LogP contribution in [0.4, 0.5) is 0 Å². The lowest BCUT2D eigenvalue weighted by atomic mass is 10.0. The van der Waals surface area contributed by atoms with Crippen LogP contribution in [0, 0.1) is 6.92 Å². The van der Waals surface area contributed by atoms with E-state index in [2.05, 4.69) is 16.8 Å². The molecular formula is C20H19N3O2. The Hall–Kier alpha value is -3.21. The molecule has 5 nitrogen and oxygen atoms in total. The Morgan fingerprint density at radius 1 is 1.24 bits per heavy atom. The number of ketones is 1. The van der Waals surface area contributed by atoms with Gasteiger partial charge in [0.05, 0.1) is 11.4 Å². The maximum absolute atomic E-state index is 12.9. The number of hydrogen-bond acceptors (Lipinski definition) is 3. The van der Waals surface area contributed by atoms with E-state index in [9.17, 15) is 9.59 Å². The molecule has 1 aromatic carbocycles. The summed E-state index contributed by atoms with van der Waals surface area (Å²) in [6.45, 7) is 5.65. The summed E-state index contributed by atoms with van der Waals surface area (Å²) in [6, 6.07) is 12.5. The highest BCUT2D eigenvalue weighted by atomic mass is 16.1. The van der Waals surface area contributed by atoms with E-state index in [0.29, 0.717) is 17.7 Å². The van der Waals surface area contributed by atoms with Gasteiger partial charge < -0.3 is 4.57 Å². The number of carbonyl (C=O) groups is 1. The van der Waals surface area contributed by atoms with Gasteiger partial charge in [-0.1, -0.05) is 36.9 Å². The normalized spacial score (nSPS) is 10.6. The average molecular weight is 333 g/mol. The van der Waals surface area contributed by atoms with E-state index in [4.69, 9.17) is 0 Å². The summed E-state index contributed by atoms with van der Waals surface area (Å²) < 4.78 is 1.89. The van der Waals surface area contributed by atoms with E-state index in [1.165, 1.54) is 6.07 Å². The lowest BCUT2D eigenvalue weighted by Crippen LogP contribution is -2.12. The number of aromatic amines is 1. The summed E-state index contributed by atoms with van der Waals surface area (Å²) in [6.07, 6.45) is 2.29. The number of nitrogens with zero attached hydrogens (tertiary/aromatic N) is 2. The summed E-state index contributed by atoms with van der Waals surface area (Å²) in [4.78, 5) is 24.0. The summed E-state index contributed by atoms with van der Waals surface area (Å²) in [5, 5.41) is 6.46. The van der Waals surface area contributed by atoms with Crippen molar-refractivity contribution in [2.24, 2.45) is 7.05 Å². The fourth-order valence-corrected chi connectivity index (χ4v) is 2.89. The number of nitrogens with one attached hydrogen (secondary N) is 1. The monoisotopic (exact) mass is 333 g/mol. The molecule has 0 spiro atoms. The van der Waals surface area contributed by atoms with Crippen molar-refractivity contribution in [3.63, 3.8) is 0 Å². The number of benzene rings is 1. The number of hydrogen-bond donors (Lipinski definition) is 1. The summed E-state index contributed by atoms with van der Waals surface area (Å²) in [5.74, 6) is -0.0173. The van der Waals surface area contributed by atoms with Crippen LogP contribution < -0.4 is 5.56 Å². The first-order valence-electron chi connectivity index (χ1n) is 7.96. The van der Waals surface area contributed by atoms with Gasteiger partial charge in [-0.05, 0) is 30.2 Å². The minimum atomic E-state index is -0.231. The molecule has 0 aliphatic rings. The van der Waals surface area contributed by atoms with Crippen molar-refractivity contribution in [1.29, 1.82) is 0 Å². The van der Waals surface area contributed by atoms with Crippen LogP contribution in [0.25, 0.3) is 6.08 Å². The highest BCUT2D eigenvalue weighted by molar-refractivity contribution is 6.09. The molecule has 0 amide bonds. The third kappa shape index (κ3) is 3.35. The third-order valence-electron chi connectivity index (χ3n) is 4.25. The molecule has 0 unspecified atom stereocenters. The molecule has 2 heterocycles.